The van der Waals surface area contributed by atoms with E-state index >= 15 is 0 Å². The molecule has 28 heavy (non-hydrogen) atoms. The molecule has 0 radical (unpaired) electrons. The van der Waals surface area contributed by atoms with Crippen LogP contribution in [0.15, 0.2) is 64.9 Å². The van der Waals surface area contributed by atoms with Crippen molar-refractivity contribution >= 4 is 23.2 Å². The molecule has 2 aromatic rings. The molecule has 1 N–H and O–H groups in total. The Morgan fingerprint density at radius 2 is 2.04 bits per heavy atom. The zero-order valence-corrected chi connectivity index (χ0v) is 15.7. The molecule has 0 spiro atoms. The Hall–Kier alpha value is -2.87. The van der Waals surface area contributed by atoms with Crippen molar-refractivity contribution in [1.29, 1.82) is 0 Å². The summed E-state index contributed by atoms with van der Waals surface area (Å²) in [6.07, 6.45) is 2.56. The van der Waals surface area contributed by atoms with Crippen LogP contribution in [0.1, 0.15) is 12.5 Å². The summed E-state index contributed by atoms with van der Waals surface area (Å²) >= 11 is 6.06. The van der Waals surface area contributed by atoms with Crippen LogP contribution in [-0.4, -0.2) is 9.55 Å². The molecule has 0 fully saturated rings. The van der Waals surface area contributed by atoms with Gasteiger partial charge in [-0.2, -0.15) is 9.37 Å². The highest BCUT2D eigenvalue weighted by atomic mass is 35.5. The standard InChI is InChI=1S/C19H16ClF4N3O/c1-3-12(7-14(22)15(23)8-21)9-27-10-16(24)18(28)26-19(27)25-17-6-4-5-13(20)11(17)2/h3-8,10H,9H2,1-2H3,(H,25,26,28)/b12-3+,14-7+,15-8-. The number of aromatic nitrogens is 2. The molecule has 148 valence electrons. The van der Waals surface area contributed by atoms with Gasteiger partial charge in [-0.1, -0.05) is 23.7 Å². The fourth-order valence-corrected chi connectivity index (χ4v) is 2.43. The van der Waals surface area contributed by atoms with Gasteiger partial charge < -0.3 is 9.88 Å². The fraction of sp³-hybridized carbons (Fsp3) is 0.158. The first-order valence-corrected chi connectivity index (χ1v) is 8.42. The van der Waals surface area contributed by atoms with E-state index in [2.05, 4.69) is 10.3 Å². The molecule has 9 heteroatoms. The van der Waals surface area contributed by atoms with Crippen molar-refractivity contribution in [3.05, 3.63) is 86.9 Å². The van der Waals surface area contributed by atoms with E-state index < -0.39 is 29.4 Å². The molecular weight excluding hydrogens is 398 g/mol. The molecule has 0 saturated carbocycles. The van der Waals surface area contributed by atoms with E-state index in [0.717, 1.165) is 12.3 Å². The van der Waals surface area contributed by atoms with Gasteiger partial charge >= 0.3 is 5.56 Å². The van der Waals surface area contributed by atoms with Gasteiger partial charge in [-0.15, -0.1) is 0 Å². The molecule has 1 aromatic carbocycles. The van der Waals surface area contributed by atoms with Gasteiger partial charge in [-0.25, -0.2) is 13.2 Å². The van der Waals surface area contributed by atoms with E-state index in [1.54, 1.807) is 25.1 Å². The molecule has 4 nitrogen and oxygen atoms in total. The van der Waals surface area contributed by atoms with Crippen LogP contribution in [0.5, 0.6) is 0 Å². The maximum absolute atomic E-state index is 13.8. The van der Waals surface area contributed by atoms with Gasteiger partial charge in [0.2, 0.25) is 11.8 Å². The quantitative estimate of drug-likeness (QED) is 0.490. The third-order valence-electron chi connectivity index (χ3n) is 3.83. The smallest absolute Gasteiger partial charge is 0.310 e. The van der Waals surface area contributed by atoms with Crippen LogP contribution in [0.25, 0.3) is 0 Å². The van der Waals surface area contributed by atoms with Crippen molar-refractivity contribution < 1.29 is 17.6 Å². The van der Waals surface area contributed by atoms with Crippen molar-refractivity contribution in [2.75, 3.05) is 5.32 Å². The highest BCUT2D eigenvalue weighted by Crippen LogP contribution is 2.26. The average Bonchev–Trinajstić information content (AvgIpc) is 2.67. The normalized spacial score (nSPS) is 13.0. The Morgan fingerprint density at radius 3 is 2.68 bits per heavy atom. The summed E-state index contributed by atoms with van der Waals surface area (Å²) < 4.78 is 53.7. The van der Waals surface area contributed by atoms with Crippen LogP contribution in [0.4, 0.5) is 29.2 Å². The molecule has 0 amide bonds. The first-order chi connectivity index (χ1) is 13.3. The number of nitrogens with zero attached hydrogens (tertiary/aromatic N) is 2. The van der Waals surface area contributed by atoms with E-state index in [4.69, 9.17) is 11.6 Å². The second-order valence-corrected chi connectivity index (χ2v) is 6.10. The molecule has 0 aliphatic carbocycles. The lowest BCUT2D eigenvalue weighted by Gasteiger charge is -2.16. The summed E-state index contributed by atoms with van der Waals surface area (Å²) in [6, 6.07) is 5.02. The topological polar surface area (TPSA) is 46.9 Å². The second-order valence-electron chi connectivity index (χ2n) is 5.70. The van der Waals surface area contributed by atoms with E-state index in [1.165, 1.54) is 17.6 Å². The zero-order valence-electron chi connectivity index (χ0n) is 14.9. The summed E-state index contributed by atoms with van der Waals surface area (Å²) in [5.74, 6) is -4.25. The van der Waals surface area contributed by atoms with Gasteiger partial charge in [0.05, 0.1) is 6.54 Å². The summed E-state index contributed by atoms with van der Waals surface area (Å²) in [5, 5.41) is 3.35. The fourth-order valence-electron chi connectivity index (χ4n) is 2.25. The van der Waals surface area contributed by atoms with Gasteiger partial charge in [0.15, 0.2) is 11.7 Å². The molecule has 0 unspecified atom stereocenters. The SMILES string of the molecule is C\C=C(/C=C(F)\C(F)=C\F)Cn1cc(F)c(=O)nc1Nc1cccc(Cl)c1C. The Morgan fingerprint density at radius 1 is 1.32 bits per heavy atom. The zero-order chi connectivity index (χ0) is 20.8. The van der Waals surface area contributed by atoms with Gasteiger partial charge in [-0.3, -0.25) is 4.79 Å². The number of halogens is 5. The van der Waals surface area contributed by atoms with Crippen LogP contribution in [-0.2, 0) is 6.54 Å². The van der Waals surface area contributed by atoms with Crippen LogP contribution in [0, 0.1) is 12.7 Å². The predicted octanol–water partition coefficient (Wildman–Crippen LogP) is 5.67. The van der Waals surface area contributed by atoms with Gasteiger partial charge in [0.1, 0.15) is 6.33 Å². The van der Waals surface area contributed by atoms with E-state index in [1.807, 2.05) is 0 Å². The van der Waals surface area contributed by atoms with Gasteiger partial charge in [-0.05, 0) is 43.2 Å². The van der Waals surface area contributed by atoms with E-state index in [-0.39, 0.29) is 18.1 Å². The number of allylic oxidation sites excluding steroid dienone is 5. The molecule has 0 saturated heterocycles. The third kappa shape index (κ3) is 5.10. The van der Waals surface area contributed by atoms with Crippen LogP contribution in [0.3, 0.4) is 0 Å². The first kappa shape index (κ1) is 21.4. The van der Waals surface area contributed by atoms with Crippen molar-refractivity contribution in [3.63, 3.8) is 0 Å². The summed E-state index contributed by atoms with van der Waals surface area (Å²) in [6.45, 7) is 3.10. The van der Waals surface area contributed by atoms with Gasteiger partial charge in [0.25, 0.3) is 0 Å². The highest BCUT2D eigenvalue weighted by Gasteiger charge is 2.12. The van der Waals surface area contributed by atoms with Crippen molar-refractivity contribution in [2.45, 2.75) is 20.4 Å². The summed E-state index contributed by atoms with van der Waals surface area (Å²) in [7, 11) is 0. The van der Waals surface area contributed by atoms with Crippen LogP contribution >= 0.6 is 11.6 Å². The number of anilines is 2. The largest absolute Gasteiger partial charge is 0.325 e. The maximum Gasteiger partial charge on any atom is 0.310 e. The third-order valence-corrected chi connectivity index (χ3v) is 4.24. The molecule has 0 bridgehead atoms. The summed E-state index contributed by atoms with van der Waals surface area (Å²) in [4.78, 5) is 15.3. The minimum absolute atomic E-state index is 0.0357. The van der Waals surface area contributed by atoms with Crippen molar-refractivity contribution in [3.8, 4) is 0 Å². The molecule has 2 rings (SSSR count). The maximum atomic E-state index is 13.8. The molecule has 0 atom stereocenters. The Kier molecular flexibility index (Phi) is 7.17. The van der Waals surface area contributed by atoms with E-state index in [0.29, 0.717) is 16.3 Å². The second kappa shape index (κ2) is 9.36. The number of rotatable bonds is 6. The van der Waals surface area contributed by atoms with Crippen molar-refractivity contribution in [2.24, 2.45) is 0 Å². The van der Waals surface area contributed by atoms with Crippen LogP contribution < -0.4 is 10.9 Å². The number of nitrogens with one attached hydrogen (secondary N) is 1. The lowest BCUT2D eigenvalue weighted by atomic mass is 10.2. The minimum Gasteiger partial charge on any atom is -0.325 e. The lowest BCUT2D eigenvalue weighted by molar-refractivity contribution is 0.519. The molecule has 1 aromatic heterocycles. The molecular formula is C19H16ClF4N3O. The minimum atomic E-state index is -1.67. The molecule has 0 aliphatic rings. The Bertz CT molecular complexity index is 1030. The number of benzene rings is 1. The average molecular weight is 414 g/mol. The van der Waals surface area contributed by atoms with Crippen LogP contribution in [0.2, 0.25) is 5.02 Å². The van der Waals surface area contributed by atoms with Gasteiger partial charge in [0, 0.05) is 16.9 Å². The number of hydrogen-bond acceptors (Lipinski definition) is 3. The molecule has 1 heterocycles. The summed E-state index contributed by atoms with van der Waals surface area (Å²) in [5.41, 5.74) is 0.287. The first-order valence-electron chi connectivity index (χ1n) is 8.04. The van der Waals surface area contributed by atoms with E-state index in [9.17, 15) is 22.4 Å². The Balaban J connectivity index is 2.45. The highest BCUT2D eigenvalue weighted by molar-refractivity contribution is 6.31. The monoisotopic (exact) mass is 413 g/mol. The Labute approximate surface area is 163 Å². The molecule has 0 aliphatic heterocycles. The number of hydrogen-bond donors (Lipinski definition) is 1. The predicted molar refractivity (Wildman–Crippen MR) is 101 cm³/mol. The van der Waals surface area contributed by atoms with Crippen molar-refractivity contribution in [1.82, 2.24) is 9.55 Å². The lowest BCUT2D eigenvalue weighted by Crippen LogP contribution is -2.20.